The third-order valence-corrected chi connectivity index (χ3v) is 4.45. The minimum absolute atomic E-state index is 0.0805. The fraction of sp³-hybridized carbons (Fsp3) is 0.333. The summed E-state index contributed by atoms with van der Waals surface area (Å²) in [5, 5.41) is 0.667. The first-order valence-electron chi connectivity index (χ1n) is 10.1. The summed E-state index contributed by atoms with van der Waals surface area (Å²) in [5.41, 5.74) is 0.707. The Balaban J connectivity index is 1.79. The minimum Gasteiger partial charge on any atom is -0.497 e. The lowest BCUT2D eigenvalue weighted by Gasteiger charge is -2.14. The second-order valence-electron chi connectivity index (χ2n) is 7.33. The van der Waals surface area contributed by atoms with Crippen molar-refractivity contribution in [3.63, 3.8) is 0 Å². The predicted octanol–water partition coefficient (Wildman–Crippen LogP) is 4.59. The van der Waals surface area contributed by atoms with Gasteiger partial charge in [0.1, 0.15) is 17.9 Å². The Morgan fingerprint density at radius 2 is 1.84 bits per heavy atom. The minimum atomic E-state index is -0.536. The van der Waals surface area contributed by atoms with Gasteiger partial charge in [0.25, 0.3) is 0 Å². The van der Waals surface area contributed by atoms with Gasteiger partial charge in [-0.2, -0.15) is 0 Å². The Morgan fingerprint density at radius 3 is 2.55 bits per heavy atom. The molecule has 0 aliphatic heterocycles. The molecule has 0 fully saturated rings. The fourth-order valence-corrected chi connectivity index (χ4v) is 2.96. The molecule has 1 aromatic heterocycles. The van der Waals surface area contributed by atoms with Gasteiger partial charge in [0.15, 0.2) is 11.5 Å². The normalized spacial score (nSPS) is 10.9. The van der Waals surface area contributed by atoms with Crippen LogP contribution >= 0.6 is 0 Å². The van der Waals surface area contributed by atoms with Crippen molar-refractivity contribution in [1.29, 1.82) is 0 Å². The van der Waals surface area contributed by atoms with Gasteiger partial charge in [0, 0.05) is 23.1 Å². The number of benzene rings is 2. The van der Waals surface area contributed by atoms with Gasteiger partial charge < -0.3 is 23.4 Å². The van der Waals surface area contributed by atoms with Gasteiger partial charge in [-0.1, -0.05) is 13.8 Å². The highest BCUT2D eigenvalue weighted by Crippen LogP contribution is 2.29. The van der Waals surface area contributed by atoms with Crippen molar-refractivity contribution < 1.29 is 28.2 Å². The average molecular weight is 426 g/mol. The monoisotopic (exact) mass is 426 g/mol. The van der Waals surface area contributed by atoms with E-state index >= 15 is 0 Å². The van der Waals surface area contributed by atoms with Crippen molar-refractivity contribution >= 4 is 16.9 Å². The number of fused-ring (bicyclic) bond motifs is 1. The van der Waals surface area contributed by atoms with Crippen LogP contribution in [0.3, 0.4) is 0 Å². The Labute approximate surface area is 180 Å². The number of esters is 1. The van der Waals surface area contributed by atoms with Gasteiger partial charge >= 0.3 is 11.6 Å². The van der Waals surface area contributed by atoms with Crippen molar-refractivity contribution in [2.45, 2.75) is 27.4 Å². The van der Waals surface area contributed by atoms with E-state index in [2.05, 4.69) is 13.8 Å². The van der Waals surface area contributed by atoms with Gasteiger partial charge in [-0.25, -0.2) is 9.59 Å². The van der Waals surface area contributed by atoms with E-state index in [1.165, 1.54) is 13.2 Å². The summed E-state index contributed by atoms with van der Waals surface area (Å²) < 4.78 is 27.2. The van der Waals surface area contributed by atoms with E-state index in [-0.39, 0.29) is 6.61 Å². The van der Waals surface area contributed by atoms with Gasteiger partial charge in [-0.15, -0.1) is 0 Å². The largest absolute Gasteiger partial charge is 0.497 e. The summed E-state index contributed by atoms with van der Waals surface area (Å²) in [7, 11) is 1.53. The molecule has 0 N–H and O–H groups in total. The Morgan fingerprint density at radius 1 is 1.03 bits per heavy atom. The van der Waals surface area contributed by atoms with Gasteiger partial charge in [-0.3, -0.25) is 0 Å². The maximum atomic E-state index is 12.6. The van der Waals surface area contributed by atoms with Crippen molar-refractivity contribution in [2.75, 3.05) is 20.3 Å². The number of hydrogen-bond donors (Lipinski definition) is 0. The van der Waals surface area contributed by atoms with Crippen molar-refractivity contribution in [2.24, 2.45) is 5.92 Å². The Kier molecular flexibility index (Phi) is 7.18. The quantitative estimate of drug-likeness (QED) is 0.365. The molecule has 3 rings (SSSR count). The Bertz CT molecular complexity index is 1110. The molecule has 7 heteroatoms. The molecule has 0 saturated carbocycles. The predicted molar refractivity (Wildman–Crippen MR) is 116 cm³/mol. The van der Waals surface area contributed by atoms with E-state index in [0.717, 1.165) is 0 Å². The molecule has 3 aromatic rings. The van der Waals surface area contributed by atoms with E-state index in [4.69, 9.17) is 23.4 Å². The van der Waals surface area contributed by atoms with Crippen LogP contribution < -0.4 is 19.8 Å². The number of hydrogen-bond acceptors (Lipinski definition) is 7. The molecular weight excluding hydrogens is 400 g/mol. The summed E-state index contributed by atoms with van der Waals surface area (Å²) in [6.45, 7) is 6.86. The molecule has 0 unspecified atom stereocenters. The summed E-state index contributed by atoms with van der Waals surface area (Å²) in [4.78, 5) is 24.5. The molecule has 164 valence electrons. The van der Waals surface area contributed by atoms with E-state index in [1.807, 2.05) is 6.92 Å². The Hall–Kier alpha value is -3.48. The van der Waals surface area contributed by atoms with E-state index in [9.17, 15) is 9.59 Å². The molecule has 0 aliphatic rings. The fourth-order valence-electron chi connectivity index (χ4n) is 2.96. The van der Waals surface area contributed by atoms with E-state index in [1.54, 1.807) is 36.4 Å². The highest BCUT2D eigenvalue weighted by atomic mass is 16.5. The molecule has 1 heterocycles. The number of rotatable bonds is 9. The van der Waals surface area contributed by atoms with Crippen LogP contribution in [0.5, 0.6) is 17.2 Å². The van der Waals surface area contributed by atoms with Crippen LogP contribution in [0, 0.1) is 5.92 Å². The van der Waals surface area contributed by atoms with Crippen LogP contribution in [0.15, 0.2) is 51.7 Å². The molecule has 0 amide bonds. The standard InChI is InChI=1S/C24H26O7/c1-5-28-22-10-16(6-9-20(22)29-13-15(2)3)24(26)30-14-17-11-23(25)31-21-12-18(27-4)7-8-19(17)21/h6-12,15H,5,13-14H2,1-4H3. The summed E-state index contributed by atoms with van der Waals surface area (Å²) in [5.74, 6) is 1.44. The second kappa shape index (κ2) is 10.0. The number of carbonyl (C=O) groups excluding carboxylic acids is 1. The van der Waals surface area contributed by atoms with Crippen molar-refractivity contribution in [1.82, 2.24) is 0 Å². The van der Waals surface area contributed by atoms with Crippen LogP contribution in [-0.4, -0.2) is 26.3 Å². The third-order valence-electron chi connectivity index (χ3n) is 4.45. The van der Waals surface area contributed by atoms with Crippen LogP contribution in [-0.2, 0) is 11.3 Å². The smallest absolute Gasteiger partial charge is 0.338 e. The van der Waals surface area contributed by atoms with Crippen LogP contribution in [0.4, 0.5) is 0 Å². The molecule has 2 aromatic carbocycles. The maximum Gasteiger partial charge on any atom is 0.338 e. The first-order chi connectivity index (χ1) is 14.9. The van der Waals surface area contributed by atoms with Gasteiger partial charge in [0.05, 0.1) is 25.9 Å². The zero-order valence-electron chi connectivity index (χ0n) is 18.1. The zero-order valence-corrected chi connectivity index (χ0v) is 18.1. The summed E-state index contributed by atoms with van der Waals surface area (Å²) in [6, 6.07) is 11.4. The van der Waals surface area contributed by atoms with Crippen molar-refractivity contribution in [3.8, 4) is 17.2 Å². The molecule has 0 spiro atoms. The molecule has 31 heavy (non-hydrogen) atoms. The molecular formula is C24H26O7. The lowest BCUT2D eigenvalue weighted by Crippen LogP contribution is -2.10. The molecule has 7 nitrogen and oxygen atoms in total. The van der Waals surface area contributed by atoms with E-state index < -0.39 is 11.6 Å². The maximum absolute atomic E-state index is 12.6. The molecule has 0 saturated heterocycles. The van der Waals surface area contributed by atoms with Gasteiger partial charge in [0.2, 0.25) is 0 Å². The lowest BCUT2D eigenvalue weighted by molar-refractivity contribution is 0.0473. The highest BCUT2D eigenvalue weighted by Gasteiger charge is 2.15. The van der Waals surface area contributed by atoms with Crippen LogP contribution in [0.1, 0.15) is 36.7 Å². The average Bonchev–Trinajstić information content (AvgIpc) is 2.75. The summed E-state index contributed by atoms with van der Waals surface area (Å²) in [6.07, 6.45) is 0. The first-order valence-corrected chi connectivity index (χ1v) is 10.1. The van der Waals surface area contributed by atoms with E-state index in [0.29, 0.717) is 58.5 Å². The number of methoxy groups -OCH3 is 1. The zero-order chi connectivity index (χ0) is 22.4. The first kappa shape index (κ1) is 22.2. The second-order valence-corrected chi connectivity index (χ2v) is 7.33. The molecule has 0 radical (unpaired) electrons. The van der Waals surface area contributed by atoms with Crippen LogP contribution in [0.2, 0.25) is 0 Å². The van der Waals surface area contributed by atoms with Gasteiger partial charge in [-0.05, 0) is 43.2 Å². The number of ether oxygens (including phenoxy) is 4. The molecule has 0 aliphatic carbocycles. The van der Waals surface area contributed by atoms with Crippen LogP contribution in [0.25, 0.3) is 11.0 Å². The molecule has 0 atom stereocenters. The topological polar surface area (TPSA) is 84.2 Å². The van der Waals surface area contributed by atoms with Crippen molar-refractivity contribution in [3.05, 3.63) is 64.0 Å². The SMILES string of the molecule is CCOc1cc(C(=O)OCc2cc(=O)oc3cc(OC)ccc23)ccc1OCC(C)C. The number of carbonyl (C=O) groups is 1. The lowest BCUT2D eigenvalue weighted by atomic mass is 10.1. The third kappa shape index (κ3) is 5.57. The summed E-state index contributed by atoms with van der Waals surface area (Å²) >= 11 is 0. The molecule has 0 bridgehead atoms. The highest BCUT2D eigenvalue weighted by molar-refractivity contribution is 5.90.